The molecule has 0 bridgehead atoms. The third-order valence-electron chi connectivity index (χ3n) is 4.63. The molecular weight excluding hydrogens is 260 g/mol. The molecule has 2 fully saturated rings. The molecule has 0 unspecified atom stereocenters. The zero-order chi connectivity index (χ0) is 14.1. The van der Waals surface area contributed by atoms with Gasteiger partial charge in [0.05, 0.1) is 17.2 Å². The van der Waals surface area contributed by atoms with Crippen LogP contribution in [0.3, 0.4) is 0 Å². The molecule has 110 valence electrons. The molecule has 1 aliphatic heterocycles. The first-order chi connectivity index (χ1) is 10.4. The molecule has 21 heavy (non-hydrogen) atoms. The van der Waals surface area contributed by atoms with Crippen molar-refractivity contribution in [2.45, 2.75) is 31.7 Å². The molecule has 4 nitrogen and oxygen atoms in total. The maximum atomic E-state index is 4.85. The van der Waals surface area contributed by atoms with Crippen LogP contribution in [0.25, 0.3) is 11.0 Å². The molecule has 1 aromatic heterocycles. The Morgan fingerprint density at radius 3 is 2.57 bits per heavy atom. The average molecular weight is 282 g/mol. The summed E-state index contributed by atoms with van der Waals surface area (Å²) in [6.45, 7) is 3.46. The average Bonchev–Trinajstić information content (AvgIpc) is 3.38. The number of para-hydroxylation sites is 2. The Morgan fingerprint density at radius 2 is 1.81 bits per heavy atom. The van der Waals surface area contributed by atoms with Gasteiger partial charge in [0.2, 0.25) is 0 Å². The predicted molar refractivity (Wildman–Crippen MR) is 85.5 cm³/mol. The van der Waals surface area contributed by atoms with E-state index in [1.807, 2.05) is 24.4 Å². The third kappa shape index (κ3) is 2.86. The Morgan fingerprint density at radius 1 is 1.05 bits per heavy atom. The topological polar surface area (TPSA) is 41.1 Å². The number of piperidine rings is 1. The lowest BCUT2D eigenvalue weighted by molar-refractivity contribution is 0.372. The highest BCUT2D eigenvalue weighted by Gasteiger charge is 2.32. The highest BCUT2D eigenvalue weighted by atomic mass is 15.2. The van der Waals surface area contributed by atoms with Gasteiger partial charge in [-0.3, -0.25) is 4.98 Å². The molecule has 1 saturated heterocycles. The fourth-order valence-corrected chi connectivity index (χ4v) is 3.24. The summed E-state index contributed by atoms with van der Waals surface area (Å²) in [5, 5.41) is 3.45. The summed E-state index contributed by atoms with van der Waals surface area (Å²) >= 11 is 0. The number of hydrogen-bond donors (Lipinski definition) is 1. The van der Waals surface area contributed by atoms with Crippen LogP contribution in [-0.4, -0.2) is 35.6 Å². The first-order valence-electron chi connectivity index (χ1n) is 8.09. The van der Waals surface area contributed by atoms with Gasteiger partial charge in [0, 0.05) is 12.6 Å². The zero-order valence-electron chi connectivity index (χ0n) is 12.3. The maximum Gasteiger partial charge on any atom is 0.148 e. The molecule has 1 N–H and O–H groups in total. The number of anilines is 1. The number of aromatic nitrogens is 2. The lowest BCUT2D eigenvalue weighted by atomic mass is 9.97. The molecule has 2 heterocycles. The Balaban J connectivity index is 1.59. The summed E-state index contributed by atoms with van der Waals surface area (Å²) in [6.07, 6.45) is 7.13. The molecule has 4 rings (SSSR count). The number of nitrogens with zero attached hydrogens (tertiary/aromatic N) is 3. The summed E-state index contributed by atoms with van der Waals surface area (Å²) in [6, 6.07) is 8.83. The van der Waals surface area contributed by atoms with Crippen LogP contribution >= 0.6 is 0 Å². The molecule has 2 aliphatic rings. The van der Waals surface area contributed by atoms with Crippen LogP contribution in [0.1, 0.15) is 25.7 Å². The van der Waals surface area contributed by atoms with Gasteiger partial charge in [0.15, 0.2) is 0 Å². The third-order valence-corrected chi connectivity index (χ3v) is 4.63. The van der Waals surface area contributed by atoms with E-state index >= 15 is 0 Å². The Kier molecular flexibility index (Phi) is 3.47. The quantitative estimate of drug-likeness (QED) is 0.936. The van der Waals surface area contributed by atoms with E-state index in [0.717, 1.165) is 42.4 Å². The molecule has 0 radical (unpaired) electrons. The minimum atomic E-state index is 0.690. The second kappa shape index (κ2) is 5.60. The largest absolute Gasteiger partial charge is 0.352 e. The molecule has 0 spiro atoms. The SMILES string of the molecule is c1ccc2nc(N(CC3CCNCC3)C3CC3)cnc2c1. The van der Waals surface area contributed by atoms with Gasteiger partial charge < -0.3 is 10.2 Å². The lowest BCUT2D eigenvalue weighted by Gasteiger charge is -2.31. The van der Waals surface area contributed by atoms with Gasteiger partial charge in [-0.25, -0.2) is 4.98 Å². The van der Waals surface area contributed by atoms with Gasteiger partial charge >= 0.3 is 0 Å². The molecule has 1 saturated carbocycles. The van der Waals surface area contributed by atoms with Crippen molar-refractivity contribution in [3.05, 3.63) is 30.5 Å². The van der Waals surface area contributed by atoms with Crippen LogP contribution in [0.4, 0.5) is 5.82 Å². The highest BCUT2D eigenvalue weighted by Crippen LogP contribution is 2.32. The van der Waals surface area contributed by atoms with Crippen molar-refractivity contribution in [3.63, 3.8) is 0 Å². The molecular formula is C17H22N4. The molecule has 1 aliphatic carbocycles. The van der Waals surface area contributed by atoms with E-state index in [4.69, 9.17) is 4.98 Å². The van der Waals surface area contributed by atoms with Gasteiger partial charge in [0.1, 0.15) is 5.82 Å². The van der Waals surface area contributed by atoms with Crippen LogP contribution in [-0.2, 0) is 0 Å². The monoisotopic (exact) mass is 282 g/mol. The van der Waals surface area contributed by atoms with Crippen LogP contribution < -0.4 is 10.2 Å². The Hall–Kier alpha value is -1.68. The van der Waals surface area contributed by atoms with E-state index in [2.05, 4.69) is 21.3 Å². The van der Waals surface area contributed by atoms with Gasteiger partial charge in [-0.2, -0.15) is 0 Å². The first kappa shape index (κ1) is 13.0. The van der Waals surface area contributed by atoms with Crippen molar-refractivity contribution in [2.75, 3.05) is 24.5 Å². The van der Waals surface area contributed by atoms with Gasteiger partial charge in [-0.15, -0.1) is 0 Å². The van der Waals surface area contributed by atoms with Crippen molar-refractivity contribution >= 4 is 16.9 Å². The second-order valence-electron chi connectivity index (χ2n) is 6.29. The second-order valence-corrected chi connectivity index (χ2v) is 6.29. The van der Waals surface area contributed by atoms with E-state index in [1.165, 1.54) is 25.7 Å². The number of nitrogens with one attached hydrogen (secondary N) is 1. The van der Waals surface area contributed by atoms with Gasteiger partial charge in [-0.05, 0) is 56.8 Å². The summed E-state index contributed by atoms with van der Waals surface area (Å²) in [5.74, 6) is 1.86. The number of hydrogen-bond acceptors (Lipinski definition) is 4. The van der Waals surface area contributed by atoms with E-state index < -0.39 is 0 Å². The molecule has 0 atom stereocenters. The van der Waals surface area contributed by atoms with E-state index in [0.29, 0.717) is 6.04 Å². The van der Waals surface area contributed by atoms with Crippen LogP contribution in [0, 0.1) is 5.92 Å². The van der Waals surface area contributed by atoms with Crippen molar-refractivity contribution in [1.29, 1.82) is 0 Å². The molecule has 2 aromatic rings. The van der Waals surface area contributed by atoms with E-state index in [1.54, 1.807) is 0 Å². The van der Waals surface area contributed by atoms with E-state index in [9.17, 15) is 0 Å². The fourth-order valence-electron chi connectivity index (χ4n) is 3.24. The highest BCUT2D eigenvalue weighted by molar-refractivity contribution is 5.75. The summed E-state index contributed by atoms with van der Waals surface area (Å²) in [7, 11) is 0. The van der Waals surface area contributed by atoms with Gasteiger partial charge in [0.25, 0.3) is 0 Å². The van der Waals surface area contributed by atoms with Crippen LogP contribution in [0.2, 0.25) is 0 Å². The number of benzene rings is 1. The lowest BCUT2D eigenvalue weighted by Crippen LogP contribution is -2.37. The number of fused-ring (bicyclic) bond motifs is 1. The molecule has 4 heteroatoms. The normalized spacial score (nSPS) is 19.8. The zero-order valence-corrected chi connectivity index (χ0v) is 12.3. The van der Waals surface area contributed by atoms with Crippen molar-refractivity contribution in [2.24, 2.45) is 5.92 Å². The van der Waals surface area contributed by atoms with E-state index in [-0.39, 0.29) is 0 Å². The number of rotatable bonds is 4. The minimum Gasteiger partial charge on any atom is -0.352 e. The Labute approximate surface area is 125 Å². The first-order valence-corrected chi connectivity index (χ1v) is 8.09. The molecule has 0 amide bonds. The van der Waals surface area contributed by atoms with Crippen LogP contribution in [0.5, 0.6) is 0 Å². The smallest absolute Gasteiger partial charge is 0.148 e. The Bertz CT molecular complexity index is 617. The van der Waals surface area contributed by atoms with Crippen LogP contribution in [0.15, 0.2) is 30.5 Å². The fraction of sp³-hybridized carbons (Fsp3) is 0.529. The van der Waals surface area contributed by atoms with Crippen molar-refractivity contribution in [3.8, 4) is 0 Å². The summed E-state index contributed by atoms with van der Waals surface area (Å²) in [5.41, 5.74) is 1.99. The minimum absolute atomic E-state index is 0.690. The standard InChI is InChI=1S/C17H22N4/c1-2-4-16-15(3-1)19-11-17(20-16)21(14-5-6-14)12-13-7-9-18-10-8-13/h1-4,11,13-14,18H,5-10,12H2. The molecule has 1 aromatic carbocycles. The summed E-state index contributed by atoms with van der Waals surface area (Å²) < 4.78 is 0. The summed E-state index contributed by atoms with van der Waals surface area (Å²) in [4.78, 5) is 11.9. The van der Waals surface area contributed by atoms with Crippen molar-refractivity contribution in [1.82, 2.24) is 15.3 Å². The van der Waals surface area contributed by atoms with Crippen molar-refractivity contribution < 1.29 is 0 Å². The van der Waals surface area contributed by atoms with Gasteiger partial charge in [-0.1, -0.05) is 12.1 Å². The predicted octanol–water partition coefficient (Wildman–Crippen LogP) is 2.60. The maximum absolute atomic E-state index is 4.85.